The molecular weight excluding hydrogens is 208 g/mol. The van der Waals surface area contributed by atoms with Crippen molar-refractivity contribution in [3.05, 3.63) is 29.8 Å². The van der Waals surface area contributed by atoms with Crippen molar-refractivity contribution in [2.45, 2.75) is 46.7 Å². The molecule has 96 valence electrons. The van der Waals surface area contributed by atoms with Crippen LogP contribution >= 0.6 is 0 Å². The van der Waals surface area contributed by atoms with E-state index >= 15 is 0 Å². The van der Waals surface area contributed by atoms with Gasteiger partial charge in [-0.15, -0.1) is 0 Å². The predicted octanol–water partition coefficient (Wildman–Crippen LogP) is 3.58. The van der Waals surface area contributed by atoms with Gasteiger partial charge in [-0.05, 0) is 38.3 Å². The van der Waals surface area contributed by atoms with Crippen molar-refractivity contribution in [1.82, 2.24) is 0 Å². The summed E-state index contributed by atoms with van der Waals surface area (Å²) in [7, 11) is 0. The van der Waals surface area contributed by atoms with E-state index in [1.807, 2.05) is 6.92 Å². The minimum Gasteiger partial charge on any atom is -0.369 e. The molecule has 1 atom stereocenters. The quantitative estimate of drug-likeness (QED) is 0.844. The van der Waals surface area contributed by atoms with E-state index in [1.165, 1.54) is 11.3 Å². The normalized spacial score (nSPS) is 13.2. The molecule has 1 rings (SSSR count). The van der Waals surface area contributed by atoms with Crippen LogP contribution in [0.25, 0.3) is 0 Å². The standard InChI is InChI=1S/C15H26N2/c1-11(2)10-17(12(3)4)15-9-7-6-8-14(15)13(5)16/h6-9,11-13H,10,16H2,1-5H3/t13-/m1/s1. The number of nitrogens with two attached hydrogens (primary N) is 1. The van der Waals surface area contributed by atoms with Gasteiger partial charge in [-0.25, -0.2) is 0 Å². The molecule has 0 amide bonds. The molecule has 0 saturated carbocycles. The fourth-order valence-electron chi connectivity index (χ4n) is 2.11. The first-order chi connectivity index (χ1) is 7.93. The van der Waals surface area contributed by atoms with Gasteiger partial charge < -0.3 is 10.6 Å². The van der Waals surface area contributed by atoms with E-state index in [0.29, 0.717) is 12.0 Å². The number of hydrogen-bond donors (Lipinski definition) is 1. The minimum absolute atomic E-state index is 0.0830. The van der Waals surface area contributed by atoms with Gasteiger partial charge >= 0.3 is 0 Å². The third-order valence-corrected chi connectivity index (χ3v) is 2.92. The molecule has 0 unspecified atom stereocenters. The average molecular weight is 234 g/mol. The second-order valence-electron chi connectivity index (χ2n) is 5.49. The topological polar surface area (TPSA) is 29.3 Å². The van der Waals surface area contributed by atoms with Gasteiger partial charge in [0.2, 0.25) is 0 Å². The Morgan fingerprint density at radius 3 is 2.12 bits per heavy atom. The molecule has 0 aliphatic heterocycles. The lowest BCUT2D eigenvalue weighted by Crippen LogP contribution is -2.35. The molecule has 0 saturated heterocycles. The van der Waals surface area contributed by atoms with E-state index in [-0.39, 0.29) is 6.04 Å². The zero-order chi connectivity index (χ0) is 13.0. The average Bonchev–Trinajstić information content (AvgIpc) is 2.25. The summed E-state index contributed by atoms with van der Waals surface area (Å²) in [5.74, 6) is 0.651. The molecule has 2 heteroatoms. The van der Waals surface area contributed by atoms with Gasteiger partial charge in [0.05, 0.1) is 0 Å². The second-order valence-corrected chi connectivity index (χ2v) is 5.49. The van der Waals surface area contributed by atoms with Crippen LogP contribution in [0.5, 0.6) is 0 Å². The highest BCUT2D eigenvalue weighted by atomic mass is 15.2. The largest absolute Gasteiger partial charge is 0.369 e. The summed E-state index contributed by atoms with van der Waals surface area (Å²) in [5.41, 5.74) is 8.58. The van der Waals surface area contributed by atoms with Crippen molar-refractivity contribution >= 4 is 5.69 Å². The van der Waals surface area contributed by atoms with Crippen LogP contribution in [0.15, 0.2) is 24.3 Å². The van der Waals surface area contributed by atoms with E-state index in [0.717, 1.165) is 6.54 Å². The third-order valence-electron chi connectivity index (χ3n) is 2.92. The van der Waals surface area contributed by atoms with Crippen molar-refractivity contribution in [3.8, 4) is 0 Å². The van der Waals surface area contributed by atoms with E-state index in [2.05, 4.69) is 56.9 Å². The van der Waals surface area contributed by atoms with E-state index in [9.17, 15) is 0 Å². The monoisotopic (exact) mass is 234 g/mol. The molecule has 0 aliphatic rings. The van der Waals surface area contributed by atoms with Crippen LogP contribution in [-0.2, 0) is 0 Å². The Kier molecular flexibility index (Phi) is 5.01. The first-order valence-electron chi connectivity index (χ1n) is 6.54. The van der Waals surface area contributed by atoms with Gasteiger partial charge in [-0.2, -0.15) is 0 Å². The fraction of sp³-hybridized carbons (Fsp3) is 0.600. The van der Waals surface area contributed by atoms with Gasteiger partial charge in [0.25, 0.3) is 0 Å². The van der Waals surface area contributed by atoms with Crippen LogP contribution in [0.1, 0.15) is 46.2 Å². The van der Waals surface area contributed by atoms with Crippen LogP contribution in [0.2, 0.25) is 0 Å². The Balaban J connectivity index is 3.09. The first kappa shape index (κ1) is 14.0. The molecule has 0 aliphatic carbocycles. The van der Waals surface area contributed by atoms with Crippen LogP contribution < -0.4 is 10.6 Å². The summed E-state index contributed by atoms with van der Waals surface area (Å²) in [6, 6.07) is 9.06. The summed E-state index contributed by atoms with van der Waals surface area (Å²) in [6.07, 6.45) is 0. The Morgan fingerprint density at radius 2 is 1.65 bits per heavy atom. The number of hydrogen-bond acceptors (Lipinski definition) is 2. The molecule has 2 N–H and O–H groups in total. The maximum atomic E-state index is 6.06. The minimum atomic E-state index is 0.0830. The van der Waals surface area contributed by atoms with Crippen molar-refractivity contribution in [1.29, 1.82) is 0 Å². The molecule has 0 fully saturated rings. The van der Waals surface area contributed by atoms with Gasteiger partial charge in [0.1, 0.15) is 0 Å². The number of anilines is 1. The molecule has 17 heavy (non-hydrogen) atoms. The molecule has 2 nitrogen and oxygen atoms in total. The zero-order valence-electron chi connectivity index (χ0n) is 11.8. The number of nitrogens with zero attached hydrogens (tertiary/aromatic N) is 1. The molecular formula is C15H26N2. The summed E-state index contributed by atoms with van der Waals surface area (Å²) in [4.78, 5) is 2.45. The summed E-state index contributed by atoms with van der Waals surface area (Å²) < 4.78 is 0. The SMILES string of the molecule is CC(C)CN(c1ccccc1[C@@H](C)N)C(C)C. The van der Waals surface area contributed by atoms with Crippen molar-refractivity contribution < 1.29 is 0 Å². The zero-order valence-corrected chi connectivity index (χ0v) is 11.8. The van der Waals surface area contributed by atoms with Crippen molar-refractivity contribution in [2.24, 2.45) is 11.7 Å². The third kappa shape index (κ3) is 3.74. The highest BCUT2D eigenvalue weighted by Crippen LogP contribution is 2.27. The summed E-state index contributed by atoms with van der Waals surface area (Å²) >= 11 is 0. The maximum absolute atomic E-state index is 6.06. The Labute approximate surface area is 106 Å². The summed E-state index contributed by atoms with van der Waals surface area (Å²) in [5, 5.41) is 0. The van der Waals surface area contributed by atoms with Crippen LogP contribution in [0, 0.1) is 5.92 Å². The van der Waals surface area contributed by atoms with Gasteiger partial charge in [-0.1, -0.05) is 32.0 Å². The number of para-hydroxylation sites is 1. The molecule has 0 spiro atoms. The second kappa shape index (κ2) is 6.06. The molecule has 0 bridgehead atoms. The fourth-order valence-corrected chi connectivity index (χ4v) is 2.11. The Bertz CT molecular complexity index is 343. The highest BCUT2D eigenvalue weighted by molar-refractivity contribution is 5.55. The smallest absolute Gasteiger partial charge is 0.0416 e. The van der Waals surface area contributed by atoms with Crippen molar-refractivity contribution in [3.63, 3.8) is 0 Å². The van der Waals surface area contributed by atoms with Crippen LogP contribution in [0.3, 0.4) is 0 Å². The molecule has 0 aromatic heterocycles. The van der Waals surface area contributed by atoms with E-state index in [4.69, 9.17) is 5.73 Å². The van der Waals surface area contributed by atoms with Crippen molar-refractivity contribution in [2.75, 3.05) is 11.4 Å². The van der Waals surface area contributed by atoms with Gasteiger partial charge in [0, 0.05) is 24.3 Å². The van der Waals surface area contributed by atoms with E-state index in [1.54, 1.807) is 0 Å². The molecule has 0 radical (unpaired) electrons. The number of benzene rings is 1. The van der Waals surface area contributed by atoms with Gasteiger partial charge in [-0.3, -0.25) is 0 Å². The van der Waals surface area contributed by atoms with Crippen LogP contribution in [-0.4, -0.2) is 12.6 Å². The summed E-state index contributed by atoms with van der Waals surface area (Å²) in [6.45, 7) is 12.1. The van der Waals surface area contributed by atoms with Crippen LogP contribution in [0.4, 0.5) is 5.69 Å². The molecule has 1 aromatic carbocycles. The molecule has 0 heterocycles. The van der Waals surface area contributed by atoms with Gasteiger partial charge in [0.15, 0.2) is 0 Å². The Hall–Kier alpha value is -1.02. The first-order valence-corrected chi connectivity index (χ1v) is 6.54. The lowest BCUT2D eigenvalue weighted by Gasteiger charge is -2.33. The lowest BCUT2D eigenvalue weighted by atomic mass is 10.0. The number of rotatable bonds is 5. The molecule has 1 aromatic rings. The Morgan fingerprint density at radius 1 is 1.06 bits per heavy atom. The highest BCUT2D eigenvalue weighted by Gasteiger charge is 2.16. The maximum Gasteiger partial charge on any atom is 0.0416 e. The predicted molar refractivity (Wildman–Crippen MR) is 76.4 cm³/mol. The van der Waals surface area contributed by atoms with E-state index < -0.39 is 0 Å². The lowest BCUT2D eigenvalue weighted by molar-refractivity contribution is 0.567.